The maximum absolute atomic E-state index is 8.78. The first-order valence-electron chi connectivity index (χ1n) is 3.77. The molecular weight excluding hydrogens is 209 g/mol. The van der Waals surface area contributed by atoms with Crippen molar-refractivity contribution in [1.29, 1.82) is 0 Å². The molecule has 0 aliphatic rings. The van der Waals surface area contributed by atoms with Gasteiger partial charge in [-0.3, -0.25) is 0 Å². The number of hydrogen-bond acceptors (Lipinski definition) is 2. The third-order valence-electron chi connectivity index (χ3n) is 1.82. The number of aliphatic hydroxyl groups excluding tert-OH is 1. The Morgan fingerprint density at radius 1 is 1.54 bits per heavy atom. The van der Waals surface area contributed by atoms with Crippen molar-refractivity contribution in [3.63, 3.8) is 0 Å². The van der Waals surface area contributed by atoms with Crippen LogP contribution in [0.25, 0.3) is 0 Å². The summed E-state index contributed by atoms with van der Waals surface area (Å²) in [5.74, 6) is 0. The highest BCUT2D eigenvalue weighted by Crippen LogP contribution is 2.19. The fourth-order valence-electron chi connectivity index (χ4n) is 0.945. The van der Waals surface area contributed by atoms with Crippen molar-refractivity contribution in [3.05, 3.63) is 34.3 Å². The van der Waals surface area contributed by atoms with E-state index in [0.717, 1.165) is 11.1 Å². The first-order valence-corrected chi connectivity index (χ1v) is 4.15. The first-order chi connectivity index (χ1) is 5.65. The number of rotatable bonds is 2. The Bertz CT molecular complexity index is 278. The van der Waals surface area contributed by atoms with Crippen LogP contribution < -0.4 is 5.73 Å². The molecule has 0 radical (unpaired) electrons. The van der Waals surface area contributed by atoms with Gasteiger partial charge >= 0.3 is 0 Å². The van der Waals surface area contributed by atoms with Gasteiger partial charge < -0.3 is 10.8 Å². The number of benzene rings is 1. The van der Waals surface area contributed by atoms with Crippen molar-refractivity contribution >= 4 is 24.0 Å². The highest BCUT2D eigenvalue weighted by molar-refractivity contribution is 6.31. The second kappa shape index (κ2) is 5.45. The van der Waals surface area contributed by atoms with Gasteiger partial charge in [0.05, 0.1) is 12.6 Å². The molecule has 0 aliphatic carbocycles. The van der Waals surface area contributed by atoms with Crippen molar-refractivity contribution in [2.24, 2.45) is 5.73 Å². The molecule has 0 aliphatic heterocycles. The van der Waals surface area contributed by atoms with E-state index >= 15 is 0 Å². The molecule has 0 saturated heterocycles. The first kappa shape index (κ1) is 12.7. The largest absolute Gasteiger partial charge is 0.394 e. The molecule has 0 aromatic heterocycles. The van der Waals surface area contributed by atoms with E-state index in [1.807, 2.05) is 19.1 Å². The van der Waals surface area contributed by atoms with E-state index in [0.29, 0.717) is 5.02 Å². The van der Waals surface area contributed by atoms with Crippen molar-refractivity contribution in [2.45, 2.75) is 13.0 Å². The summed E-state index contributed by atoms with van der Waals surface area (Å²) in [6, 6.07) is 5.23. The third kappa shape index (κ3) is 3.16. The average Bonchev–Trinajstić information content (AvgIpc) is 2.08. The molecule has 0 spiro atoms. The van der Waals surface area contributed by atoms with E-state index in [9.17, 15) is 0 Å². The van der Waals surface area contributed by atoms with Gasteiger partial charge in [0.25, 0.3) is 0 Å². The normalized spacial score (nSPS) is 12.0. The molecule has 13 heavy (non-hydrogen) atoms. The lowest BCUT2D eigenvalue weighted by Gasteiger charge is -2.09. The highest BCUT2D eigenvalue weighted by Gasteiger charge is 2.05. The Kier molecular flexibility index (Phi) is 5.33. The molecule has 0 saturated carbocycles. The standard InChI is InChI=1S/C9H12ClNO.ClH/c1-6-2-3-7(4-8(6)10)9(11)5-12;/h2-4,9,12H,5,11H2,1H3;1H/t9-;/m1./s1. The maximum Gasteiger partial charge on any atom is 0.0624 e. The van der Waals surface area contributed by atoms with Crippen molar-refractivity contribution < 1.29 is 5.11 Å². The molecule has 1 aromatic rings. The van der Waals surface area contributed by atoms with Crippen molar-refractivity contribution in [2.75, 3.05) is 6.61 Å². The zero-order chi connectivity index (χ0) is 9.14. The third-order valence-corrected chi connectivity index (χ3v) is 2.23. The van der Waals surface area contributed by atoms with Gasteiger partial charge in [-0.15, -0.1) is 12.4 Å². The Balaban J connectivity index is 0.00000144. The molecule has 0 bridgehead atoms. The summed E-state index contributed by atoms with van der Waals surface area (Å²) in [6.45, 7) is 1.87. The number of aryl methyl sites for hydroxylation is 1. The van der Waals surface area contributed by atoms with Crippen LogP contribution in [0.3, 0.4) is 0 Å². The molecule has 0 unspecified atom stereocenters. The summed E-state index contributed by atoms with van der Waals surface area (Å²) in [6.07, 6.45) is 0. The fraction of sp³-hybridized carbons (Fsp3) is 0.333. The van der Waals surface area contributed by atoms with Gasteiger partial charge in [-0.1, -0.05) is 23.7 Å². The van der Waals surface area contributed by atoms with E-state index in [-0.39, 0.29) is 25.1 Å². The molecule has 0 heterocycles. The van der Waals surface area contributed by atoms with Gasteiger partial charge in [0.2, 0.25) is 0 Å². The minimum absolute atomic E-state index is 0. The summed E-state index contributed by atoms with van der Waals surface area (Å²) < 4.78 is 0. The Morgan fingerprint density at radius 2 is 2.15 bits per heavy atom. The molecular formula is C9H13Cl2NO. The van der Waals surface area contributed by atoms with E-state index in [2.05, 4.69) is 0 Å². The second-order valence-corrected chi connectivity index (χ2v) is 3.20. The molecule has 74 valence electrons. The monoisotopic (exact) mass is 221 g/mol. The predicted molar refractivity (Wildman–Crippen MR) is 57.5 cm³/mol. The van der Waals surface area contributed by atoms with Gasteiger partial charge in [-0.25, -0.2) is 0 Å². The van der Waals surface area contributed by atoms with Gasteiger partial charge in [-0.2, -0.15) is 0 Å². The van der Waals surface area contributed by atoms with Crippen LogP contribution in [0, 0.1) is 6.92 Å². The lowest BCUT2D eigenvalue weighted by atomic mass is 10.1. The maximum atomic E-state index is 8.78. The lowest BCUT2D eigenvalue weighted by molar-refractivity contribution is 0.268. The number of nitrogens with two attached hydrogens (primary N) is 1. The fourth-order valence-corrected chi connectivity index (χ4v) is 1.13. The average molecular weight is 222 g/mol. The van der Waals surface area contributed by atoms with Gasteiger partial charge in [-0.05, 0) is 24.1 Å². The topological polar surface area (TPSA) is 46.2 Å². The summed E-state index contributed by atoms with van der Waals surface area (Å²) in [7, 11) is 0. The molecule has 1 rings (SSSR count). The van der Waals surface area contributed by atoms with Crippen molar-refractivity contribution in [3.8, 4) is 0 Å². The van der Waals surface area contributed by atoms with Crippen LogP contribution >= 0.6 is 24.0 Å². The Morgan fingerprint density at radius 3 is 2.62 bits per heavy atom. The highest BCUT2D eigenvalue weighted by atomic mass is 35.5. The van der Waals surface area contributed by atoms with Crippen LogP contribution in [0.1, 0.15) is 17.2 Å². The smallest absolute Gasteiger partial charge is 0.0624 e. The molecule has 4 heteroatoms. The predicted octanol–water partition coefficient (Wildman–Crippen LogP) is 2.06. The lowest BCUT2D eigenvalue weighted by Crippen LogP contribution is -2.14. The quantitative estimate of drug-likeness (QED) is 0.804. The number of hydrogen-bond donors (Lipinski definition) is 2. The van der Waals surface area contributed by atoms with Gasteiger partial charge in [0.1, 0.15) is 0 Å². The van der Waals surface area contributed by atoms with Crippen LogP contribution in [0.5, 0.6) is 0 Å². The van der Waals surface area contributed by atoms with Gasteiger partial charge in [0, 0.05) is 5.02 Å². The van der Waals surface area contributed by atoms with Crippen LogP contribution in [-0.4, -0.2) is 11.7 Å². The zero-order valence-corrected chi connectivity index (χ0v) is 8.90. The van der Waals surface area contributed by atoms with E-state index in [4.69, 9.17) is 22.4 Å². The molecule has 1 atom stereocenters. The van der Waals surface area contributed by atoms with E-state index < -0.39 is 0 Å². The molecule has 1 aromatic carbocycles. The minimum Gasteiger partial charge on any atom is -0.394 e. The molecule has 3 N–H and O–H groups in total. The van der Waals surface area contributed by atoms with E-state index in [1.54, 1.807) is 6.07 Å². The van der Waals surface area contributed by atoms with Crippen LogP contribution in [0.2, 0.25) is 5.02 Å². The summed E-state index contributed by atoms with van der Waals surface area (Å²) >= 11 is 5.88. The molecule has 0 fully saturated rings. The summed E-state index contributed by atoms with van der Waals surface area (Å²) in [5, 5.41) is 9.47. The van der Waals surface area contributed by atoms with Crippen LogP contribution in [-0.2, 0) is 0 Å². The van der Waals surface area contributed by atoms with Crippen molar-refractivity contribution in [1.82, 2.24) is 0 Å². The Labute approximate surface area is 89.1 Å². The minimum atomic E-state index is -0.330. The SMILES string of the molecule is Cc1ccc([C@H](N)CO)cc1Cl.Cl. The Hall–Kier alpha value is -0.280. The van der Waals surface area contributed by atoms with Crippen LogP contribution in [0.4, 0.5) is 0 Å². The number of aliphatic hydroxyl groups is 1. The summed E-state index contributed by atoms with van der Waals surface area (Å²) in [4.78, 5) is 0. The van der Waals surface area contributed by atoms with E-state index in [1.165, 1.54) is 0 Å². The summed E-state index contributed by atoms with van der Waals surface area (Å²) in [5.41, 5.74) is 7.49. The van der Waals surface area contributed by atoms with Gasteiger partial charge in [0.15, 0.2) is 0 Å². The second-order valence-electron chi connectivity index (χ2n) is 2.80. The molecule has 0 amide bonds. The zero-order valence-electron chi connectivity index (χ0n) is 7.33. The number of halogens is 2. The molecule has 2 nitrogen and oxygen atoms in total. The van der Waals surface area contributed by atoms with Crippen LogP contribution in [0.15, 0.2) is 18.2 Å².